The zero-order chi connectivity index (χ0) is 21.4. The van der Waals surface area contributed by atoms with Crippen LogP contribution in [0, 0.1) is 24.5 Å². The lowest BCUT2D eigenvalue weighted by molar-refractivity contribution is -0.120. The summed E-state index contributed by atoms with van der Waals surface area (Å²) >= 11 is 0. The summed E-state index contributed by atoms with van der Waals surface area (Å²) in [5.74, 6) is -1.92. The van der Waals surface area contributed by atoms with Crippen molar-refractivity contribution in [3.8, 4) is 0 Å². The maximum atomic E-state index is 13.4. The largest absolute Gasteiger partial charge is 0.300 e. The number of aromatic amines is 1. The molecule has 1 atom stereocenters. The lowest BCUT2D eigenvalue weighted by atomic mass is 9.90. The Labute approximate surface area is 171 Å². The highest BCUT2D eigenvalue weighted by atomic mass is 19.2. The first-order valence-corrected chi connectivity index (χ1v) is 9.81. The molecular weight excluding hydrogens is 370 g/mol. The van der Waals surface area contributed by atoms with E-state index in [1.54, 1.807) is 13.0 Å². The zero-order valence-corrected chi connectivity index (χ0v) is 17.3. The van der Waals surface area contributed by atoms with E-state index >= 15 is 0 Å². The predicted molar refractivity (Wildman–Crippen MR) is 113 cm³/mol. The standard InChI is InChI=1S/C24H28F2N2O/c1-5-8-19(9-6-2)24-16(3)23(27-28-24)11-7-10-20(17(4)29)14-18-12-13-21(25)22(26)15-18/h5-6,8-9,12-13,15,20H,1,7,10-11,14H2,2-4H3,(H,27,28)/b9-6-,19-8+. The van der Waals surface area contributed by atoms with Crippen LogP contribution < -0.4 is 0 Å². The Morgan fingerprint density at radius 1 is 1.31 bits per heavy atom. The fourth-order valence-corrected chi connectivity index (χ4v) is 3.40. The second-order valence-electron chi connectivity index (χ2n) is 7.19. The predicted octanol–water partition coefficient (Wildman–Crippen LogP) is 5.91. The lowest BCUT2D eigenvalue weighted by Crippen LogP contribution is -2.15. The van der Waals surface area contributed by atoms with E-state index in [2.05, 4.69) is 16.8 Å². The highest BCUT2D eigenvalue weighted by Crippen LogP contribution is 2.23. The number of Topliss-reactive ketones (excluding diaryl/α,β-unsaturated/α-hetero) is 1. The van der Waals surface area contributed by atoms with Gasteiger partial charge in [-0.15, -0.1) is 0 Å². The summed E-state index contributed by atoms with van der Waals surface area (Å²) in [6, 6.07) is 3.82. The summed E-state index contributed by atoms with van der Waals surface area (Å²) in [4.78, 5) is 12.0. The van der Waals surface area contributed by atoms with Crippen molar-refractivity contribution in [1.29, 1.82) is 0 Å². The number of allylic oxidation sites excluding steroid dienone is 5. The first-order valence-electron chi connectivity index (χ1n) is 9.81. The molecule has 29 heavy (non-hydrogen) atoms. The average molecular weight is 398 g/mol. The summed E-state index contributed by atoms with van der Waals surface area (Å²) < 4.78 is 26.6. The molecule has 1 aromatic carbocycles. The molecule has 0 saturated carbocycles. The van der Waals surface area contributed by atoms with Gasteiger partial charge in [0.25, 0.3) is 0 Å². The van der Waals surface area contributed by atoms with Crippen molar-refractivity contribution in [3.63, 3.8) is 0 Å². The van der Waals surface area contributed by atoms with Crippen molar-refractivity contribution in [2.45, 2.75) is 46.5 Å². The summed E-state index contributed by atoms with van der Waals surface area (Å²) in [5.41, 5.74) is 4.63. The van der Waals surface area contributed by atoms with Gasteiger partial charge in [-0.25, -0.2) is 8.78 Å². The van der Waals surface area contributed by atoms with Crippen LogP contribution in [-0.4, -0.2) is 16.0 Å². The molecule has 0 bridgehead atoms. The van der Waals surface area contributed by atoms with Gasteiger partial charge in [0.2, 0.25) is 0 Å². The number of nitrogens with zero attached hydrogens (tertiary/aromatic N) is 1. The fourth-order valence-electron chi connectivity index (χ4n) is 3.40. The Balaban J connectivity index is 2.03. The normalized spacial score (nSPS) is 13.1. The van der Waals surface area contributed by atoms with Gasteiger partial charge in [0.05, 0.1) is 5.69 Å². The SMILES string of the molecule is C=C/C=C(\C=C/C)c1n[nH]c(CCCC(Cc2ccc(F)c(F)c2)C(C)=O)c1C. The molecule has 0 fully saturated rings. The van der Waals surface area contributed by atoms with E-state index in [9.17, 15) is 13.6 Å². The molecule has 5 heteroatoms. The van der Waals surface area contributed by atoms with E-state index in [0.717, 1.165) is 41.4 Å². The molecule has 0 saturated heterocycles. The van der Waals surface area contributed by atoms with Gasteiger partial charge < -0.3 is 0 Å². The fraction of sp³-hybridized carbons (Fsp3) is 0.333. The van der Waals surface area contributed by atoms with E-state index < -0.39 is 11.6 Å². The third-order valence-electron chi connectivity index (χ3n) is 5.05. The number of carbonyl (C=O) groups excluding carboxylic acids is 1. The molecule has 3 nitrogen and oxygen atoms in total. The lowest BCUT2D eigenvalue weighted by Gasteiger charge is -2.14. The molecule has 1 N–H and O–H groups in total. The van der Waals surface area contributed by atoms with Gasteiger partial charge in [-0.3, -0.25) is 9.89 Å². The maximum Gasteiger partial charge on any atom is 0.159 e. The van der Waals surface area contributed by atoms with E-state index in [0.29, 0.717) is 18.4 Å². The van der Waals surface area contributed by atoms with E-state index in [4.69, 9.17) is 0 Å². The number of rotatable bonds is 10. The molecule has 2 rings (SSSR count). The number of hydrogen-bond donors (Lipinski definition) is 1. The Hall–Kier alpha value is -2.82. The summed E-state index contributed by atoms with van der Waals surface area (Å²) in [6.07, 6.45) is 10.2. The third-order valence-corrected chi connectivity index (χ3v) is 5.05. The molecule has 0 aliphatic heterocycles. The number of halogens is 2. The second kappa shape index (κ2) is 10.6. The van der Waals surface area contributed by atoms with Crippen LogP contribution in [0.2, 0.25) is 0 Å². The minimum absolute atomic E-state index is 0.0565. The number of ketones is 1. The number of H-pyrrole nitrogens is 1. The molecule has 0 amide bonds. The first-order chi connectivity index (χ1) is 13.9. The van der Waals surface area contributed by atoms with Crippen LogP contribution in [0.1, 0.15) is 49.2 Å². The van der Waals surface area contributed by atoms with Crippen LogP contribution in [0.15, 0.2) is 49.1 Å². The van der Waals surface area contributed by atoms with Crippen LogP contribution in [0.25, 0.3) is 5.57 Å². The minimum atomic E-state index is -0.880. The van der Waals surface area contributed by atoms with Gasteiger partial charge >= 0.3 is 0 Å². The van der Waals surface area contributed by atoms with Gasteiger partial charge in [0.1, 0.15) is 5.78 Å². The minimum Gasteiger partial charge on any atom is -0.300 e. The molecule has 0 radical (unpaired) electrons. The van der Waals surface area contributed by atoms with Crippen LogP contribution in [0.4, 0.5) is 8.78 Å². The molecular formula is C24H28F2N2O. The van der Waals surface area contributed by atoms with Gasteiger partial charge in [-0.05, 0) is 69.7 Å². The van der Waals surface area contributed by atoms with E-state index in [1.807, 2.05) is 32.1 Å². The molecule has 0 aliphatic carbocycles. The van der Waals surface area contributed by atoms with Crippen molar-refractivity contribution in [2.24, 2.45) is 5.92 Å². The van der Waals surface area contributed by atoms with Crippen LogP contribution in [-0.2, 0) is 17.6 Å². The summed E-state index contributed by atoms with van der Waals surface area (Å²) in [6.45, 7) is 9.28. The van der Waals surface area contributed by atoms with Gasteiger partial charge in [-0.2, -0.15) is 5.10 Å². The summed E-state index contributed by atoms with van der Waals surface area (Å²) in [7, 11) is 0. The van der Waals surface area contributed by atoms with Crippen LogP contribution in [0.5, 0.6) is 0 Å². The van der Waals surface area contributed by atoms with Gasteiger partial charge in [0, 0.05) is 17.2 Å². The van der Waals surface area contributed by atoms with Gasteiger partial charge in [-0.1, -0.05) is 36.9 Å². The van der Waals surface area contributed by atoms with Gasteiger partial charge in [0.15, 0.2) is 11.6 Å². The van der Waals surface area contributed by atoms with E-state index in [1.165, 1.54) is 12.1 Å². The number of nitrogens with one attached hydrogen (secondary N) is 1. The maximum absolute atomic E-state index is 13.4. The van der Waals surface area contributed by atoms with Crippen molar-refractivity contribution in [3.05, 3.63) is 83.2 Å². The first kappa shape index (κ1) is 22.5. The smallest absolute Gasteiger partial charge is 0.159 e. The van der Waals surface area contributed by atoms with Crippen molar-refractivity contribution >= 4 is 11.4 Å². The Morgan fingerprint density at radius 2 is 2.07 bits per heavy atom. The number of aryl methyl sites for hydroxylation is 1. The number of aromatic nitrogens is 2. The molecule has 1 unspecified atom stereocenters. The topological polar surface area (TPSA) is 45.8 Å². The molecule has 1 heterocycles. The van der Waals surface area contributed by atoms with Crippen LogP contribution >= 0.6 is 0 Å². The molecule has 154 valence electrons. The van der Waals surface area contributed by atoms with Crippen LogP contribution in [0.3, 0.4) is 0 Å². The quantitative estimate of drug-likeness (QED) is 0.506. The molecule has 2 aromatic rings. The molecule has 0 aliphatic rings. The average Bonchev–Trinajstić information content (AvgIpc) is 3.04. The second-order valence-corrected chi connectivity index (χ2v) is 7.19. The third kappa shape index (κ3) is 6.08. The number of benzene rings is 1. The Kier molecular flexibility index (Phi) is 8.25. The Morgan fingerprint density at radius 3 is 2.69 bits per heavy atom. The van der Waals surface area contributed by atoms with Crippen molar-refractivity contribution in [1.82, 2.24) is 10.2 Å². The zero-order valence-electron chi connectivity index (χ0n) is 17.3. The number of hydrogen-bond acceptors (Lipinski definition) is 2. The highest BCUT2D eigenvalue weighted by molar-refractivity contribution is 5.78. The number of carbonyl (C=O) groups is 1. The highest BCUT2D eigenvalue weighted by Gasteiger charge is 2.17. The monoisotopic (exact) mass is 398 g/mol. The van der Waals surface area contributed by atoms with E-state index in [-0.39, 0.29) is 11.7 Å². The van der Waals surface area contributed by atoms with Crippen molar-refractivity contribution < 1.29 is 13.6 Å². The Bertz CT molecular complexity index is 925. The molecule has 1 aromatic heterocycles. The van der Waals surface area contributed by atoms with Crippen molar-refractivity contribution in [2.75, 3.05) is 0 Å². The summed E-state index contributed by atoms with van der Waals surface area (Å²) in [5, 5.41) is 7.54. The molecule has 0 spiro atoms.